The number of nitrogens with zero attached hydrogens (tertiary/aromatic N) is 1. The minimum absolute atomic E-state index is 0.0362. The van der Waals surface area contributed by atoms with Crippen molar-refractivity contribution in [1.29, 1.82) is 0 Å². The van der Waals surface area contributed by atoms with E-state index in [1.165, 1.54) is 38.4 Å². The highest BCUT2D eigenvalue weighted by Gasteiger charge is 2.24. The fraction of sp³-hybridized carbons (Fsp3) is 0.300. The summed E-state index contributed by atoms with van der Waals surface area (Å²) in [6.07, 6.45) is 2.00. The van der Waals surface area contributed by atoms with Crippen LogP contribution in [-0.4, -0.2) is 51.2 Å². The third-order valence-electron chi connectivity index (χ3n) is 4.44. The molecule has 1 aliphatic carbocycles. The van der Waals surface area contributed by atoms with Crippen LogP contribution in [0.3, 0.4) is 0 Å². The predicted octanol–water partition coefficient (Wildman–Crippen LogP) is 1.88. The molecule has 2 aromatic rings. The number of anilines is 2. The highest BCUT2D eigenvalue weighted by atomic mass is 32.2. The van der Waals surface area contributed by atoms with Gasteiger partial charge in [0.15, 0.2) is 0 Å². The third-order valence-corrected chi connectivity index (χ3v) is 6.27. The molecule has 0 heterocycles. The van der Waals surface area contributed by atoms with Gasteiger partial charge < -0.3 is 16.0 Å². The fourth-order valence-corrected chi connectivity index (χ4v) is 3.53. The van der Waals surface area contributed by atoms with Gasteiger partial charge in [-0.2, -0.15) is 0 Å². The lowest BCUT2D eigenvalue weighted by atomic mass is 10.1. The lowest BCUT2D eigenvalue weighted by Crippen LogP contribution is -2.27. The van der Waals surface area contributed by atoms with Crippen LogP contribution in [0.1, 0.15) is 23.2 Å². The molecule has 3 rings (SSSR count). The Bertz CT molecular complexity index is 999. The maximum atomic E-state index is 12.3. The van der Waals surface area contributed by atoms with E-state index in [4.69, 9.17) is 0 Å². The third kappa shape index (κ3) is 5.33. The molecule has 1 aliphatic rings. The van der Waals surface area contributed by atoms with Gasteiger partial charge in [-0.3, -0.25) is 9.59 Å². The maximum Gasteiger partial charge on any atom is 0.253 e. The number of rotatable bonds is 8. The van der Waals surface area contributed by atoms with Gasteiger partial charge >= 0.3 is 0 Å². The van der Waals surface area contributed by atoms with E-state index in [2.05, 4.69) is 16.0 Å². The van der Waals surface area contributed by atoms with Crippen molar-refractivity contribution in [2.75, 3.05) is 31.3 Å². The first-order valence-corrected chi connectivity index (χ1v) is 10.7. The molecule has 2 aromatic carbocycles. The molecule has 0 aliphatic heterocycles. The van der Waals surface area contributed by atoms with Crippen LogP contribution in [0.2, 0.25) is 0 Å². The Kier molecular flexibility index (Phi) is 6.19. The van der Waals surface area contributed by atoms with Crippen LogP contribution < -0.4 is 16.0 Å². The Morgan fingerprint density at radius 3 is 2.31 bits per heavy atom. The molecule has 0 bridgehead atoms. The predicted molar refractivity (Wildman–Crippen MR) is 111 cm³/mol. The second-order valence-electron chi connectivity index (χ2n) is 7.01. The van der Waals surface area contributed by atoms with Crippen molar-refractivity contribution >= 4 is 33.2 Å². The first-order chi connectivity index (χ1) is 13.8. The number of carbonyl (C=O) groups excluding carboxylic acids is 2. The van der Waals surface area contributed by atoms with Gasteiger partial charge in [0.1, 0.15) is 0 Å². The molecule has 0 unspecified atom stereocenters. The molecule has 0 spiro atoms. The molecule has 29 heavy (non-hydrogen) atoms. The highest BCUT2D eigenvalue weighted by Crippen LogP contribution is 2.21. The summed E-state index contributed by atoms with van der Waals surface area (Å²) in [6, 6.07) is 13.2. The SMILES string of the molecule is CN(C)S(=O)(=O)c1ccc(NC(=O)CNc2ccccc2C(=O)NC2CC2)cc1. The van der Waals surface area contributed by atoms with E-state index in [-0.39, 0.29) is 29.3 Å². The van der Waals surface area contributed by atoms with E-state index in [1.807, 2.05) is 0 Å². The molecular formula is C20H24N4O4S. The van der Waals surface area contributed by atoms with E-state index >= 15 is 0 Å². The van der Waals surface area contributed by atoms with Gasteiger partial charge in [0, 0.05) is 31.5 Å². The smallest absolute Gasteiger partial charge is 0.253 e. The standard InChI is InChI=1S/C20H24N4O4S/c1-24(2)29(27,28)16-11-9-14(10-12-16)22-19(25)13-21-18-6-4-3-5-17(18)20(26)23-15-7-8-15/h3-6,9-12,15,21H,7-8,13H2,1-2H3,(H,22,25)(H,23,26). The van der Waals surface area contributed by atoms with Gasteiger partial charge in [0.2, 0.25) is 15.9 Å². The molecule has 8 nitrogen and oxygen atoms in total. The lowest BCUT2D eigenvalue weighted by molar-refractivity contribution is -0.114. The van der Waals surface area contributed by atoms with Crippen molar-refractivity contribution in [3.05, 3.63) is 54.1 Å². The summed E-state index contributed by atoms with van der Waals surface area (Å²) >= 11 is 0. The molecule has 0 radical (unpaired) electrons. The average Bonchev–Trinajstić information content (AvgIpc) is 3.51. The number of nitrogens with one attached hydrogen (secondary N) is 3. The van der Waals surface area contributed by atoms with Gasteiger partial charge in [-0.1, -0.05) is 12.1 Å². The van der Waals surface area contributed by atoms with Crippen LogP contribution in [0.15, 0.2) is 53.4 Å². The van der Waals surface area contributed by atoms with Crippen molar-refractivity contribution in [3.63, 3.8) is 0 Å². The monoisotopic (exact) mass is 416 g/mol. The number of sulfonamides is 1. The molecule has 1 fully saturated rings. The summed E-state index contributed by atoms with van der Waals surface area (Å²) in [7, 11) is -0.600. The maximum absolute atomic E-state index is 12.3. The molecular weight excluding hydrogens is 392 g/mol. The van der Waals surface area contributed by atoms with Crippen molar-refractivity contribution in [3.8, 4) is 0 Å². The largest absolute Gasteiger partial charge is 0.376 e. The van der Waals surface area contributed by atoms with E-state index in [0.717, 1.165) is 17.1 Å². The Hall–Kier alpha value is -2.91. The fourth-order valence-electron chi connectivity index (χ4n) is 2.63. The second kappa shape index (κ2) is 8.62. The van der Waals surface area contributed by atoms with Crippen molar-refractivity contribution < 1.29 is 18.0 Å². The van der Waals surface area contributed by atoms with Crippen LogP contribution in [0, 0.1) is 0 Å². The zero-order valence-electron chi connectivity index (χ0n) is 16.3. The summed E-state index contributed by atoms with van der Waals surface area (Å²) < 4.78 is 25.3. The minimum Gasteiger partial charge on any atom is -0.376 e. The number of para-hydroxylation sites is 1. The zero-order valence-corrected chi connectivity index (χ0v) is 17.1. The summed E-state index contributed by atoms with van der Waals surface area (Å²) in [4.78, 5) is 24.7. The first kappa shape index (κ1) is 20.8. The van der Waals surface area contributed by atoms with Crippen LogP contribution in [0.4, 0.5) is 11.4 Å². The molecule has 154 valence electrons. The van der Waals surface area contributed by atoms with Crippen LogP contribution in [-0.2, 0) is 14.8 Å². The number of hydrogen-bond donors (Lipinski definition) is 3. The highest BCUT2D eigenvalue weighted by molar-refractivity contribution is 7.89. The van der Waals surface area contributed by atoms with Crippen molar-refractivity contribution in [2.45, 2.75) is 23.8 Å². The van der Waals surface area contributed by atoms with E-state index < -0.39 is 10.0 Å². The average molecular weight is 417 g/mol. The van der Waals surface area contributed by atoms with Crippen LogP contribution in [0.25, 0.3) is 0 Å². The van der Waals surface area contributed by atoms with Gasteiger partial charge in [-0.05, 0) is 49.2 Å². The quantitative estimate of drug-likeness (QED) is 0.609. The number of benzene rings is 2. The van der Waals surface area contributed by atoms with Crippen LogP contribution in [0.5, 0.6) is 0 Å². The van der Waals surface area contributed by atoms with Crippen molar-refractivity contribution in [1.82, 2.24) is 9.62 Å². The van der Waals surface area contributed by atoms with Crippen LogP contribution >= 0.6 is 0 Å². The summed E-state index contributed by atoms with van der Waals surface area (Å²) in [6.45, 7) is -0.0362. The molecule has 1 saturated carbocycles. The summed E-state index contributed by atoms with van der Waals surface area (Å²) in [5.41, 5.74) is 1.55. The number of carbonyl (C=O) groups is 2. The normalized spacial score (nSPS) is 13.8. The van der Waals surface area contributed by atoms with Gasteiger partial charge in [-0.15, -0.1) is 0 Å². The summed E-state index contributed by atoms with van der Waals surface area (Å²) in [5.74, 6) is -0.473. The Morgan fingerprint density at radius 2 is 1.69 bits per heavy atom. The topological polar surface area (TPSA) is 108 Å². The lowest BCUT2D eigenvalue weighted by Gasteiger charge is -2.13. The Morgan fingerprint density at radius 1 is 1.03 bits per heavy atom. The molecule has 2 amide bonds. The Balaban J connectivity index is 1.59. The van der Waals surface area contributed by atoms with Gasteiger partial charge in [0.05, 0.1) is 17.0 Å². The summed E-state index contributed by atoms with van der Waals surface area (Å²) in [5, 5.41) is 8.61. The number of hydrogen-bond acceptors (Lipinski definition) is 5. The Labute approximate surface area is 170 Å². The number of amides is 2. The minimum atomic E-state index is -3.52. The molecule has 0 saturated heterocycles. The molecule has 0 aromatic heterocycles. The molecule has 9 heteroatoms. The second-order valence-corrected chi connectivity index (χ2v) is 9.16. The van der Waals surface area contributed by atoms with Crippen molar-refractivity contribution in [2.24, 2.45) is 0 Å². The van der Waals surface area contributed by atoms with E-state index in [0.29, 0.717) is 16.9 Å². The van der Waals surface area contributed by atoms with Gasteiger partial charge in [-0.25, -0.2) is 12.7 Å². The van der Waals surface area contributed by atoms with E-state index in [1.54, 1.807) is 24.3 Å². The van der Waals surface area contributed by atoms with Gasteiger partial charge in [0.25, 0.3) is 5.91 Å². The molecule has 3 N–H and O–H groups in total. The van der Waals surface area contributed by atoms with E-state index in [9.17, 15) is 18.0 Å². The molecule has 0 atom stereocenters. The zero-order chi connectivity index (χ0) is 21.0. The first-order valence-electron chi connectivity index (χ1n) is 9.23.